The zero-order valence-electron chi connectivity index (χ0n) is 13.1. The number of hydrogen-bond donors (Lipinski definition) is 1. The van der Waals surface area contributed by atoms with Gasteiger partial charge in [0.15, 0.2) is 0 Å². The van der Waals surface area contributed by atoms with Crippen molar-refractivity contribution in [2.45, 2.75) is 32.7 Å². The molecule has 2 aromatic rings. The van der Waals surface area contributed by atoms with Gasteiger partial charge in [0, 0.05) is 18.8 Å². The molecular weight excluding hydrogens is 256 g/mol. The van der Waals surface area contributed by atoms with Crippen molar-refractivity contribution in [3.05, 3.63) is 65.7 Å². The summed E-state index contributed by atoms with van der Waals surface area (Å²) in [6.07, 6.45) is 2.37. The van der Waals surface area contributed by atoms with E-state index in [1.165, 1.54) is 29.7 Å². The number of nitrogens with zero attached hydrogens (tertiary/aromatic N) is 1. The van der Waals surface area contributed by atoms with E-state index in [4.69, 9.17) is 5.73 Å². The van der Waals surface area contributed by atoms with Crippen molar-refractivity contribution < 1.29 is 0 Å². The SMILES string of the molecule is CCCCN(c1ccccc1)C(CN)c1ccc(C)cc1. The first-order valence-corrected chi connectivity index (χ1v) is 7.84. The number of unbranched alkanes of at least 4 members (excludes halogenated alkanes) is 1. The van der Waals surface area contributed by atoms with E-state index in [0.717, 1.165) is 6.54 Å². The third-order valence-corrected chi connectivity index (χ3v) is 3.90. The van der Waals surface area contributed by atoms with Gasteiger partial charge in [-0.3, -0.25) is 0 Å². The molecular formula is C19H26N2. The molecule has 0 spiro atoms. The molecule has 0 saturated heterocycles. The van der Waals surface area contributed by atoms with Gasteiger partial charge < -0.3 is 10.6 Å². The van der Waals surface area contributed by atoms with Crippen LogP contribution in [0.25, 0.3) is 0 Å². The highest BCUT2D eigenvalue weighted by molar-refractivity contribution is 5.49. The molecule has 1 atom stereocenters. The van der Waals surface area contributed by atoms with Gasteiger partial charge >= 0.3 is 0 Å². The summed E-state index contributed by atoms with van der Waals surface area (Å²) in [5.74, 6) is 0. The van der Waals surface area contributed by atoms with E-state index >= 15 is 0 Å². The van der Waals surface area contributed by atoms with Crippen LogP contribution in [0, 0.1) is 6.92 Å². The Hall–Kier alpha value is -1.80. The first kappa shape index (κ1) is 15.6. The quantitative estimate of drug-likeness (QED) is 0.820. The topological polar surface area (TPSA) is 29.3 Å². The molecule has 2 N–H and O–H groups in total. The predicted octanol–water partition coefficient (Wildman–Crippen LogP) is 4.30. The molecule has 2 heteroatoms. The third kappa shape index (κ3) is 4.08. The summed E-state index contributed by atoms with van der Waals surface area (Å²) in [6.45, 7) is 6.01. The Morgan fingerprint density at radius 1 is 1.00 bits per heavy atom. The lowest BCUT2D eigenvalue weighted by Gasteiger charge is -2.33. The lowest BCUT2D eigenvalue weighted by Crippen LogP contribution is -2.34. The molecule has 0 bridgehead atoms. The van der Waals surface area contributed by atoms with Crippen LogP contribution >= 0.6 is 0 Å². The maximum absolute atomic E-state index is 6.11. The summed E-state index contributed by atoms with van der Waals surface area (Å²) in [5.41, 5.74) is 9.94. The maximum atomic E-state index is 6.11. The van der Waals surface area contributed by atoms with Crippen molar-refractivity contribution in [1.29, 1.82) is 0 Å². The lowest BCUT2D eigenvalue weighted by atomic mass is 10.0. The Morgan fingerprint density at radius 2 is 1.67 bits per heavy atom. The minimum absolute atomic E-state index is 0.236. The van der Waals surface area contributed by atoms with Gasteiger partial charge in [0.05, 0.1) is 6.04 Å². The molecule has 2 nitrogen and oxygen atoms in total. The first-order valence-electron chi connectivity index (χ1n) is 7.84. The smallest absolute Gasteiger partial charge is 0.0664 e. The number of rotatable bonds is 7. The van der Waals surface area contributed by atoms with Gasteiger partial charge in [0.2, 0.25) is 0 Å². The Kier molecular flexibility index (Phi) is 5.82. The molecule has 0 amide bonds. The van der Waals surface area contributed by atoms with Crippen molar-refractivity contribution in [2.75, 3.05) is 18.0 Å². The van der Waals surface area contributed by atoms with Crippen molar-refractivity contribution in [3.8, 4) is 0 Å². The van der Waals surface area contributed by atoms with Crippen molar-refractivity contribution >= 4 is 5.69 Å². The van der Waals surface area contributed by atoms with Gasteiger partial charge in [-0.1, -0.05) is 61.4 Å². The fourth-order valence-corrected chi connectivity index (χ4v) is 2.64. The van der Waals surface area contributed by atoms with Gasteiger partial charge in [-0.05, 0) is 31.0 Å². The third-order valence-electron chi connectivity index (χ3n) is 3.90. The number of para-hydroxylation sites is 1. The molecule has 21 heavy (non-hydrogen) atoms. The van der Waals surface area contributed by atoms with Gasteiger partial charge in [-0.2, -0.15) is 0 Å². The summed E-state index contributed by atoms with van der Waals surface area (Å²) in [4.78, 5) is 2.44. The van der Waals surface area contributed by atoms with Crippen LogP contribution in [0.15, 0.2) is 54.6 Å². The highest BCUT2D eigenvalue weighted by atomic mass is 15.2. The van der Waals surface area contributed by atoms with Gasteiger partial charge in [-0.15, -0.1) is 0 Å². The van der Waals surface area contributed by atoms with Crippen molar-refractivity contribution in [2.24, 2.45) is 5.73 Å². The van der Waals surface area contributed by atoms with E-state index in [2.05, 4.69) is 73.3 Å². The minimum Gasteiger partial charge on any atom is -0.363 e. The second kappa shape index (κ2) is 7.84. The summed E-state index contributed by atoms with van der Waals surface area (Å²) in [5, 5.41) is 0. The molecule has 0 aliphatic rings. The molecule has 0 saturated carbocycles. The fraction of sp³-hybridized carbons (Fsp3) is 0.368. The number of benzene rings is 2. The highest BCUT2D eigenvalue weighted by Crippen LogP contribution is 2.27. The molecule has 1 unspecified atom stereocenters. The first-order chi connectivity index (χ1) is 10.3. The molecule has 0 aliphatic heterocycles. The van der Waals surface area contributed by atoms with Gasteiger partial charge in [0.1, 0.15) is 0 Å². The molecule has 0 fully saturated rings. The van der Waals surface area contributed by atoms with Crippen LogP contribution in [0.5, 0.6) is 0 Å². The average molecular weight is 282 g/mol. The minimum atomic E-state index is 0.236. The molecule has 0 aromatic heterocycles. The molecule has 112 valence electrons. The second-order valence-corrected chi connectivity index (χ2v) is 5.54. The molecule has 2 rings (SSSR count). The Labute approximate surface area is 128 Å². The van der Waals surface area contributed by atoms with E-state index in [-0.39, 0.29) is 6.04 Å². The largest absolute Gasteiger partial charge is 0.363 e. The molecule has 0 heterocycles. The molecule has 0 aliphatic carbocycles. The predicted molar refractivity (Wildman–Crippen MR) is 91.7 cm³/mol. The Balaban J connectivity index is 2.30. The van der Waals surface area contributed by atoms with E-state index in [0.29, 0.717) is 6.54 Å². The van der Waals surface area contributed by atoms with Crippen molar-refractivity contribution in [3.63, 3.8) is 0 Å². The van der Waals surface area contributed by atoms with Crippen LogP contribution in [0.1, 0.15) is 36.9 Å². The van der Waals surface area contributed by atoms with Crippen LogP contribution in [0.3, 0.4) is 0 Å². The average Bonchev–Trinajstić information content (AvgIpc) is 2.53. The van der Waals surface area contributed by atoms with Crippen LogP contribution in [-0.4, -0.2) is 13.1 Å². The van der Waals surface area contributed by atoms with E-state index < -0.39 is 0 Å². The fourth-order valence-electron chi connectivity index (χ4n) is 2.64. The molecule has 2 aromatic carbocycles. The van der Waals surface area contributed by atoms with Gasteiger partial charge in [0.25, 0.3) is 0 Å². The number of anilines is 1. The second-order valence-electron chi connectivity index (χ2n) is 5.54. The van der Waals surface area contributed by atoms with Crippen LogP contribution in [-0.2, 0) is 0 Å². The van der Waals surface area contributed by atoms with Crippen LogP contribution < -0.4 is 10.6 Å². The Bertz CT molecular complexity index is 519. The zero-order valence-corrected chi connectivity index (χ0v) is 13.1. The molecule has 0 radical (unpaired) electrons. The lowest BCUT2D eigenvalue weighted by molar-refractivity contribution is 0.605. The normalized spacial score (nSPS) is 12.1. The van der Waals surface area contributed by atoms with Crippen LogP contribution in [0.2, 0.25) is 0 Å². The highest BCUT2D eigenvalue weighted by Gasteiger charge is 2.18. The van der Waals surface area contributed by atoms with Crippen molar-refractivity contribution in [1.82, 2.24) is 0 Å². The standard InChI is InChI=1S/C19H26N2/c1-3-4-14-21(18-8-6-5-7-9-18)19(15-20)17-12-10-16(2)11-13-17/h5-13,19H,3-4,14-15,20H2,1-2H3. The summed E-state index contributed by atoms with van der Waals surface area (Å²) < 4.78 is 0. The maximum Gasteiger partial charge on any atom is 0.0664 e. The number of aryl methyl sites for hydroxylation is 1. The number of nitrogens with two attached hydrogens (primary N) is 1. The summed E-state index contributed by atoms with van der Waals surface area (Å²) >= 11 is 0. The van der Waals surface area contributed by atoms with E-state index in [1.54, 1.807) is 0 Å². The summed E-state index contributed by atoms with van der Waals surface area (Å²) in [7, 11) is 0. The van der Waals surface area contributed by atoms with Crippen LogP contribution in [0.4, 0.5) is 5.69 Å². The van der Waals surface area contributed by atoms with E-state index in [1.807, 2.05) is 0 Å². The zero-order chi connectivity index (χ0) is 15.1. The Morgan fingerprint density at radius 3 is 2.24 bits per heavy atom. The van der Waals surface area contributed by atoms with E-state index in [9.17, 15) is 0 Å². The van der Waals surface area contributed by atoms with Gasteiger partial charge in [-0.25, -0.2) is 0 Å². The monoisotopic (exact) mass is 282 g/mol. The summed E-state index contributed by atoms with van der Waals surface area (Å²) in [6, 6.07) is 19.6. The number of hydrogen-bond acceptors (Lipinski definition) is 2.